The molecule has 0 radical (unpaired) electrons. The number of alkyl carbamates (subject to hydrolysis) is 1. The summed E-state index contributed by atoms with van der Waals surface area (Å²) in [5.41, 5.74) is 4.81. The fraction of sp³-hybridized carbons (Fsp3) is 0.963. The number of ether oxygens (including phenoxy) is 11. The summed E-state index contributed by atoms with van der Waals surface area (Å²) in [7, 11) is 0. The van der Waals surface area contributed by atoms with Crippen LogP contribution in [-0.2, 0) is 52.1 Å². The van der Waals surface area contributed by atoms with Crippen LogP contribution < -0.4 is 11.1 Å². The maximum atomic E-state index is 11.5. The highest BCUT2D eigenvalue weighted by Crippen LogP contribution is 2.06. The second kappa shape index (κ2) is 31.8. The van der Waals surface area contributed by atoms with Crippen LogP contribution in [0.1, 0.15) is 20.8 Å². The maximum Gasteiger partial charge on any atom is 0.407 e. The first-order valence-electron chi connectivity index (χ1n) is 14.4. The van der Waals surface area contributed by atoms with Crippen LogP contribution in [0.5, 0.6) is 0 Å². The summed E-state index contributed by atoms with van der Waals surface area (Å²) in [5.74, 6) is 0. The molecule has 0 aromatic carbocycles. The Balaban J connectivity index is 3.09. The van der Waals surface area contributed by atoms with E-state index < -0.39 is 11.7 Å². The zero-order valence-electron chi connectivity index (χ0n) is 25.5. The normalized spacial score (nSPS) is 11.7. The molecule has 246 valence electrons. The van der Waals surface area contributed by atoms with E-state index in [0.717, 1.165) is 0 Å². The second-order valence-corrected chi connectivity index (χ2v) is 9.34. The lowest BCUT2D eigenvalue weighted by molar-refractivity contribution is -0.0263. The van der Waals surface area contributed by atoms with Gasteiger partial charge in [-0.1, -0.05) is 0 Å². The van der Waals surface area contributed by atoms with Crippen LogP contribution in [0.4, 0.5) is 4.79 Å². The largest absolute Gasteiger partial charge is 0.444 e. The highest BCUT2D eigenvalue weighted by molar-refractivity contribution is 5.67. The Labute approximate surface area is 246 Å². The lowest BCUT2D eigenvalue weighted by atomic mass is 10.2. The van der Waals surface area contributed by atoms with E-state index in [1.807, 2.05) is 20.8 Å². The van der Waals surface area contributed by atoms with Crippen LogP contribution in [0.3, 0.4) is 0 Å². The summed E-state index contributed by atoms with van der Waals surface area (Å²) in [6.45, 7) is 16.3. The Morgan fingerprint density at radius 2 is 0.707 bits per heavy atom. The molecule has 0 aliphatic rings. The highest BCUT2D eigenvalue weighted by Gasteiger charge is 2.15. The van der Waals surface area contributed by atoms with Gasteiger partial charge < -0.3 is 63.2 Å². The van der Waals surface area contributed by atoms with Crippen LogP contribution in [0.2, 0.25) is 0 Å². The summed E-state index contributed by atoms with van der Waals surface area (Å²) in [5, 5.41) is 2.63. The monoisotopic (exact) mass is 600 g/mol. The topological polar surface area (TPSA) is 157 Å². The van der Waals surface area contributed by atoms with Gasteiger partial charge in [0.25, 0.3) is 0 Å². The third kappa shape index (κ3) is 36.8. The van der Waals surface area contributed by atoms with Crippen LogP contribution >= 0.6 is 0 Å². The van der Waals surface area contributed by atoms with Gasteiger partial charge in [-0.25, -0.2) is 4.79 Å². The van der Waals surface area contributed by atoms with Gasteiger partial charge in [0, 0.05) is 13.1 Å². The van der Waals surface area contributed by atoms with Crippen molar-refractivity contribution in [3.63, 3.8) is 0 Å². The number of nitrogens with one attached hydrogen (secondary N) is 1. The molecule has 0 aromatic heterocycles. The van der Waals surface area contributed by atoms with Crippen LogP contribution in [0.15, 0.2) is 0 Å². The molecule has 0 aliphatic carbocycles. The Bertz CT molecular complexity index is 541. The van der Waals surface area contributed by atoms with Crippen LogP contribution in [0, 0.1) is 0 Å². The first-order valence-corrected chi connectivity index (χ1v) is 14.4. The van der Waals surface area contributed by atoms with E-state index in [1.165, 1.54) is 0 Å². The minimum Gasteiger partial charge on any atom is -0.444 e. The summed E-state index contributed by atoms with van der Waals surface area (Å²) in [6.07, 6.45) is -0.451. The molecule has 0 bridgehead atoms. The van der Waals surface area contributed by atoms with Crippen molar-refractivity contribution < 1.29 is 56.9 Å². The van der Waals surface area contributed by atoms with E-state index in [-0.39, 0.29) is 0 Å². The first kappa shape index (κ1) is 39.8. The zero-order valence-corrected chi connectivity index (χ0v) is 25.5. The van der Waals surface area contributed by atoms with Gasteiger partial charge in [-0.05, 0) is 20.8 Å². The Morgan fingerprint density at radius 1 is 0.463 bits per heavy atom. The summed E-state index contributed by atoms with van der Waals surface area (Å²) in [4.78, 5) is 11.5. The van der Waals surface area contributed by atoms with Crippen molar-refractivity contribution >= 4 is 6.09 Å². The molecule has 0 rings (SSSR count). The zero-order chi connectivity index (χ0) is 30.1. The maximum absolute atomic E-state index is 11.5. The van der Waals surface area contributed by atoms with Crippen molar-refractivity contribution in [2.45, 2.75) is 26.4 Å². The van der Waals surface area contributed by atoms with Crippen molar-refractivity contribution in [2.75, 3.05) is 145 Å². The number of amides is 1. The van der Waals surface area contributed by atoms with Gasteiger partial charge in [0.15, 0.2) is 0 Å². The number of nitrogens with two attached hydrogens (primary N) is 1. The van der Waals surface area contributed by atoms with E-state index in [1.54, 1.807) is 0 Å². The SMILES string of the molecule is CC(C)(C)OC(=O)NCCOCCOCCOCCOCCOCCOCCOCCOCCOCCOCCN. The van der Waals surface area contributed by atoms with Crippen molar-refractivity contribution in [3.05, 3.63) is 0 Å². The molecule has 0 aliphatic heterocycles. The number of hydrogen-bond acceptors (Lipinski definition) is 13. The molecule has 0 saturated heterocycles. The number of carbonyl (C=O) groups excluding carboxylic acids is 1. The Kier molecular flexibility index (Phi) is 30.9. The van der Waals surface area contributed by atoms with Crippen LogP contribution in [-0.4, -0.2) is 157 Å². The predicted molar refractivity (Wildman–Crippen MR) is 151 cm³/mol. The molecule has 0 aromatic rings. The van der Waals surface area contributed by atoms with Gasteiger partial charge in [0.2, 0.25) is 0 Å². The lowest BCUT2D eigenvalue weighted by Crippen LogP contribution is -2.34. The second-order valence-electron chi connectivity index (χ2n) is 9.34. The van der Waals surface area contributed by atoms with Crippen molar-refractivity contribution in [3.8, 4) is 0 Å². The summed E-state index contributed by atoms with van der Waals surface area (Å²) < 4.78 is 59.1. The van der Waals surface area contributed by atoms with E-state index in [4.69, 9.17) is 57.8 Å². The third-order valence-corrected chi connectivity index (χ3v) is 4.52. The molecule has 0 unspecified atom stereocenters. The molecule has 0 atom stereocenters. The predicted octanol–water partition coefficient (Wildman–Crippen LogP) is 0.636. The Hall–Kier alpha value is -1.17. The Morgan fingerprint density at radius 3 is 0.951 bits per heavy atom. The van der Waals surface area contributed by atoms with Gasteiger partial charge in [-0.15, -0.1) is 0 Å². The molecule has 0 saturated carbocycles. The lowest BCUT2D eigenvalue weighted by Gasteiger charge is -2.19. The van der Waals surface area contributed by atoms with E-state index >= 15 is 0 Å². The molecular formula is C27H56N2O12. The van der Waals surface area contributed by atoms with Crippen molar-refractivity contribution in [1.82, 2.24) is 5.32 Å². The van der Waals surface area contributed by atoms with Crippen molar-refractivity contribution in [2.24, 2.45) is 5.73 Å². The molecule has 1 amide bonds. The molecule has 14 heteroatoms. The molecule has 3 N–H and O–H groups in total. The molecule has 41 heavy (non-hydrogen) atoms. The number of hydrogen-bond donors (Lipinski definition) is 2. The molecular weight excluding hydrogens is 544 g/mol. The van der Waals surface area contributed by atoms with Gasteiger partial charge in [-0.3, -0.25) is 0 Å². The highest BCUT2D eigenvalue weighted by atomic mass is 16.6. The summed E-state index contributed by atoms with van der Waals surface area (Å²) >= 11 is 0. The van der Waals surface area contributed by atoms with Crippen molar-refractivity contribution in [1.29, 1.82) is 0 Å². The van der Waals surface area contributed by atoms with Gasteiger partial charge in [0.1, 0.15) is 5.60 Å². The number of carbonyl (C=O) groups is 1. The molecule has 0 spiro atoms. The average Bonchev–Trinajstić information content (AvgIpc) is 2.92. The smallest absolute Gasteiger partial charge is 0.407 e. The fourth-order valence-electron chi connectivity index (χ4n) is 2.70. The fourth-order valence-corrected chi connectivity index (χ4v) is 2.70. The van der Waals surface area contributed by atoms with Gasteiger partial charge in [-0.2, -0.15) is 0 Å². The van der Waals surface area contributed by atoms with Gasteiger partial charge >= 0.3 is 6.09 Å². The molecule has 14 nitrogen and oxygen atoms in total. The van der Waals surface area contributed by atoms with E-state index in [2.05, 4.69) is 5.32 Å². The quantitative estimate of drug-likeness (QED) is 0.104. The number of rotatable bonds is 32. The molecule has 0 fully saturated rings. The summed E-state index contributed by atoms with van der Waals surface area (Å²) in [6, 6.07) is 0. The van der Waals surface area contributed by atoms with Gasteiger partial charge in [0.05, 0.1) is 132 Å². The standard InChI is InChI=1S/C27H56N2O12/c1-27(2,3)41-26(30)29-5-7-32-9-11-34-13-15-36-17-19-38-21-23-40-25-24-39-22-20-37-18-16-35-14-12-33-10-8-31-6-4-28/h4-25,28H2,1-3H3,(H,29,30). The van der Waals surface area contributed by atoms with E-state index in [9.17, 15) is 4.79 Å². The first-order chi connectivity index (χ1) is 20.0. The average molecular weight is 601 g/mol. The minimum absolute atomic E-state index is 0.384. The van der Waals surface area contributed by atoms with Crippen LogP contribution in [0.25, 0.3) is 0 Å². The minimum atomic E-state index is -0.509. The van der Waals surface area contributed by atoms with E-state index in [0.29, 0.717) is 145 Å². The molecule has 0 heterocycles. The third-order valence-electron chi connectivity index (χ3n) is 4.52.